The Bertz CT molecular complexity index is 1640. The first kappa shape index (κ1) is 27.2. The summed E-state index contributed by atoms with van der Waals surface area (Å²) in [5, 5.41) is 0. The molecular weight excluding hydrogens is 528 g/mol. The van der Waals surface area contributed by atoms with Crippen LogP contribution < -0.4 is 4.74 Å². The van der Waals surface area contributed by atoms with Crippen molar-refractivity contribution in [2.24, 2.45) is 0 Å². The maximum Gasteiger partial charge on any atom is 0.294 e. The van der Waals surface area contributed by atoms with Gasteiger partial charge in [0.25, 0.3) is 20.2 Å². The Morgan fingerprint density at radius 1 is 0.632 bits per heavy atom. The van der Waals surface area contributed by atoms with Gasteiger partial charge in [0.2, 0.25) is 0 Å². The van der Waals surface area contributed by atoms with E-state index in [0.717, 1.165) is 23.0 Å². The molecule has 0 atom stereocenters. The third kappa shape index (κ3) is 6.73. The highest BCUT2D eigenvalue weighted by atomic mass is 32.2. The molecule has 38 heavy (non-hydrogen) atoms. The van der Waals surface area contributed by atoms with Gasteiger partial charge in [-0.3, -0.25) is 13.9 Å². The fraction of sp³-hybridized carbons (Fsp3) is 0.107. The standard InChI is InChI=1S/C28H24O8S2/c29-18-24-11-10-23(16-20-6-12-25(13-7-20)37(30,31)32)28(36-19-22-4-2-1-3-5-22)27(24)17-21-8-14-26(15-9-21)38(33,34)35/h1-15,18H,16-17,19H2,(H,30,31,32)(H,33,34,35). The lowest BCUT2D eigenvalue weighted by atomic mass is 9.94. The van der Waals surface area contributed by atoms with Gasteiger partial charge in [-0.1, -0.05) is 66.7 Å². The average molecular weight is 553 g/mol. The van der Waals surface area contributed by atoms with Crippen LogP contribution in [0.3, 0.4) is 0 Å². The van der Waals surface area contributed by atoms with E-state index in [0.29, 0.717) is 28.9 Å². The van der Waals surface area contributed by atoms with Crippen molar-refractivity contribution in [2.75, 3.05) is 0 Å². The van der Waals surface area contributed by atoms with Gasteiger partial charge in [0.15, 0.2) is 0 Å². The summed E-state index contributed by atoms with van der Waals surface area (Å²) in [6, 6.07) is 24.4. The third-order valence-corrected chi connectivity index (χ3v) is 7.68. The normalized spacial score (nSPS) is 11.7. The number of carbonyl (C=O) groups excluding carboxylic acids is 1. The van der Waals surface area contributed by atoms with Crippen LogP contribution in [0.4, 0.5) is 0 Å². The summed E-state index contributed by atoms with van der Waals surface area (Å²) in [6.07, 6.45) is 1.32. The zero-order valence-corrected chi connectivity index (χ0v) is 21.7. The Hall–Kier alpha value is -3.83. The molecule has 0 fully saturated rings. The predicted octanol–water partition coefficient (Wildman–Crippen LogP) is 4.75. The Morgan fingerprint density at radius 2 is 1.16 bits per heavy atom. The second kappa shape index (κ2) is 11.3. The van der Waals surface area contributed by atoms with E-state index in [4.69, 9.17) is 4.74 Å². The maximum absolute atomic E-state index is 12.0. The SMILES string of the molecule is O=Cc1ccc(Cc2ccc(S(=O)(=O)O)cc2)c(OCc2ccccc2)c1Cc1ccc(S(=O)(=O)O)cc1. The van der Waals surface area contributed by atoms with E-state index in [2.05, 4.69) is 0 Å². The molecule has 10 heteroatoms. The molecule has 196 valence electrons. The van der Waals surface area contributed by atoms with Crippen LogP contribution in [0.15, 0.2) is 101 Å². The summed E-state index contributed by atoms with van der Waals surface area (Å²) in [7, 11) is -8.66. The molecular formula is C28H24O8S2. The number of aldehydes is 1. The number of hydrogen-bond donors (Lipinski definition) is 2. The summed E-state index contributed by atoms with van der Waals surface area (Å²) in [5.74, 6) is 0.483. The van der Waals surface area contributed by atoms with E-state index in [-0.39, 0.29) is 22.8 Å². The van der Waals surface area contributed by atoms with Gasteiger partial charge in [0, 0.05) is 24.0 Å². The second-order valence-corrected chi connectivity index (χ2v) is 11.4. The fourth-order valence-electron chi connectivity index (χ4n) is 4.02. The van der Waals surface area contributed by atoms with Crippen LogP contribution in [0.1, 0.15) is 38.2 Å². The smallest absolute Gasteiger partial charge is 0.294 e. The van der Waals surface area contributed by atoms with Crippen molar-refractivity contribution >= 4 is 26.5 Å². The van der Waals surface area contributed by atoms with Gasteiger partial charge >= 0.3 is 0 Å². The van der Waals surface area contributed by atoms with Crippen molar-refractivity contribution in [3.05, 3.63) is 124 Å². The Balaban J connectivity index is 1.74. The van der Waals surface area contributed by atoms with Gasteiger partial charge in [0.1, 0.15) is 18.6 Å². The highest BCUT2D eigenvalue weighted by Gasteiger charge is 2.18. The van der Waals surface area contributed by atoms with E-state index >= 15 is 0 Å². The molecule has 0 saturated heterocycles. The average Bonchev–Trinajstić information content (AvgIpc) is 2.88. The largest absolute Gasteiger partial charge is 0.488 e. The molecule has 2 N–H and O–H groups in total. The highest BCUT2D eigenvalue weighted by molar-refractivity contribution is 7.86. The van der Waals surface area contributed by atoms with Crippen LogP contribution in [0, 0.1) is 0 Å². The fourth-order valence-corrected chi connectivity index (χ4v) is 4.98. The van der Waals surface area contributed by atoms with E-state index in [1.165, 1.54) is 24.3 Å². The van der Waals surface area contributed by atoms with Gasteiger partial charge in [-0.2, -0.15) is 16.8 Å². The minimum atomic E-state index is -4.34. The lowest BCUT2D eigenvalue weighted by molar-refractivity contribution is 0.112. The number of rotatable bonds is 10. The molecule has 0 saturated carbocycles. The summed E-state index contributed by atoms with van der Waals surface area (Å²) < 4.78 is 70.4. The second-order valence-electron chi connectivity index (χ2n) is 8.61. The molecule has 0 unspecified atom stereocenters. The topological polar surface area (TPSA) is 135 Å². The molecule has 4 rings (SSSR count). The lowest BCUT2D eigenvalue weighted by Gasteiger charge is -2.19. The van der Waals surface area contributed by atoms with Crippen molar-refractivity contribution in [3.8, 4) is 5.75 Å². The zero-order valence-electron chi connectivity index (χ0n) is 20.0. The van der Waals surface area contributed by atoms with Crippen molar-refractivity contribution in [1.29, 1.82) is 0 Å². The first-order valence-electron chi connectivity index (χ1n) is 11.4. The maximum atomic E-state index is 12.0. The van der Waals surface area contributed by atoms with Gasteiger partial charge < -0.3 is 4.74 Å². The quantitative estimate of drug-likeness (QED) is 0.213. The van der Waals surface area contributed by atoms with Crippen molar-refractivity contribution in [1.82, 2.24) is 0 Å². The number of hydrogen-bond acceptors (Lipinski definition) is 6. The number of ether oxygens (including phenoxy) is 1. The van der Waals surface area contributed by atoms with E-state index in [9.17, 15) is 30.7 Å². The van der Waals surface area contributed by atoms with Gasteiger partial charge in [-0.15, -0.1) is 0 Å². The number of carbonyl (C=O) groups is 1. The first-order chi connectivity index (χ1) is 18.0. The molecule has 0 bridgehead atoms. The lowest BCUT2D eigenvalue weighted by Crippen LogP contribution is -2.07. The number of benzene rings is 4. The van der Waals surface area contributed by atoms with Crippen molar-refractivity contribution in [3.63, 3.8) is 0 Å². The molecule has 0 aliphatic rings. The molecule has 4 aromatic carbocycles. The van der Waals surface area contributed by atoms with Crippen molar-refractivity contribution < 1.29 is 35.5 Å². The molecule has 0 amide bonds. The minimum Gasteiger partial charge on any atom is -0.488 e. The van der Waals surface area contributed by atoms with Gasteiger partial charge in [-0.05, 0) is 46.5 Å². The monoisotopic (exact) mass is 552 g/mol. The van der Waals surface area contributed by atoms with Gasteiger partial charge in [-0.25, -0.2) is 0 Å². The predicted molar refractivity (Wildman–Crippen MR) is 141 cm³/mol. The molecule has 0 aliphatic heterocycles. The van der Waals surface area contributed by atoms with Crippen molar-refractivity contribution in [2.45, 2.75) is 29.2 Å². The molecule has 8 nitrogen and oxygen atoms in total. The van der Waals surface area contributed by atoms with Crippen LogP contribution >= 0.6 is 0 Å². The summed E-state index contributed by atoms with van der Waals surface area (Å²) in [6.45, 7) is 0.229. The summed E-state index contributed by atoms with van der Waals surface area (Å²) in [4.78, 5) is 11.5. The van der Waals surface area contributed by atoms with Crippen LogP contribution in [0.25, 0.3) is 0 Å². The zero-order chi connectivity index (χ0) is 27.3. The molecule has 0 spiro atoms. The third-order valence-electron chi connectivity index (χ3n) is 5.95. The van der Waals surface area contributed by atoms with Crippen LogP contribution in [0.2, 0.25) is 0 Å². The molecule has 4 aromatic rings. The van der Waals surface area contributed by atoms with E-state index < -0.39 is 20.2 Å². The van der Waals surface area contributed by atoms with Gasteiger partial charge in [0.05, 0.1) is 9.79 Å². The van der Waals surface area contributed by atoms with Crippen LogP contribution in [-0.4, -0.2) is 32.2 Å². The van der Waals surface area contributed by atoms with Crippen LogP contribution in [0.5, 0.6) is 5.75 Å². The Kier molecular flexibility index (Phi) is 8.08. The summed E-state index contributed by atoms with van der Waals surface area (Å²) >= 11 is 0. The Labute approximate surface area is 221 Å². The van der Waals surface area contributed by atoms with E-state index in [1.807, 2.05) is 30.3 Å². The first-order valence-corrected chi connectivity index (χ1v) is 14.3. The Morgan fingerprint density at radius 3 is 1.66 bits per heavy atom. The summed E-state index contributed by atoms with van der Waals surface area (Å²) in [5.41, 5.74) is 4.11. The molecule has 0 heterocycles. The van der Waals surface area contributed by atoms with Crippen LogP contribution in [-0.2, 0) is 39.7 Å². The van der Waals surface area contributed by atoms with E-state index in [1.54, 1.807) is 36.4 Å². The molecule has 0 aromatic heterocycles. The molecule has 0 radical (unpaired) electrons. The highest BCUT2D eigenvalue weighted by Crippen LogP contribution is 2.32. The molecule has 0 aliphatic carbocycles. The minimum absolute atomic E-state index is 0.216.